The van der Waals surface area contributed by atoms with Crippen LogP contribution in [0.15, 0.2) is 6.07 Å². The molecule has 2 rings (SSSR count). The molecular formula is C19H31N3O3. The zero-order chi connectivity index (χ0) is 18.6. The van der Waals surface area contributed by atoms with Gasteiger partial charge in [0.15, 0.2) is 5.78 Å². The Morgan fingerprint density at radius 3 is 2.68 bits per heavy atom. The third-order valence-corrected chi connectivity index (χ3v) is 4.56. The minimum absolute atomic E-state index is 0.0477. The van der Waals surface area contributed by atoms with E-state index in [1.54, 1.807) is 11.9 Å². The predicted octanol–water partition coefficient (Wildman–Crippen LogP) is 1.92. The van der Waals surface area contributed by atoms with Gasteiger partial charge in [0.25, 0.3) is 0 Å². The van der Waals surface area contributed by atoms with Crippen LogP contribution in [-0.4, -0.2) is 60.0 Å². The first kappa shape index (κ1) is 19.7. The summed E-state index contributed by atoms with van der Waals surface area (Å²) in [4.78, 5) is 26.2. The number of ether oxygens (including phenoxy) is 1. The monoisotopic (exact) mass is 349 g/mol. The number of amides is 1. The Kier molecular flexibility index (Phi) is 6.79. The lowest BCUT2D eigenvalue weighted by atomic mass is 10.1. The maximum atomic E-state index is 12.7. The van der Waals surface area contributed by atoms with E-state index in [1.165, 1.54) is 0 Å². The minimum atomic E-state index is -0.0610. The van der Waals surface area contributed by atoms with Crippen LogP contribution in [0, 0.1) is 13.8 Å². The van der Waals surface area contributed by atoms with Gasteiger partial charge in [-0.2, -0.15) is 0 Å². The highest BCUT2D eigenvalue weighted by molar-refractivity contribution is 5.99. The number of likely N-dealkylation sites (N-methyl/N-ethyl adjacent to an activating group) is 1. The number of aryl methyl sites for hydroxylation is 1. The molecule has 0 spiro atoms. The van der Waals surface area contributed by atoms with E-state index in [9.17, 15) is 9.59 Å². The Balaban J connectivity index is 1.98. The smallest absolute Gasteiger partial charge is 0.234 e. The number of carbonyl (C=O) groups excluding carboxylic acids is 2. The molecule has 0 aliphatic carbocycles. The summed E-state index contributed by atoms with van der Waals surface area (Å²) in [5, 5.41) is 2.84. The molecule has 1 atom stereocenters. The van der Waals surface area contributed by atoms with Crippen molar-refractivity contribution in [3.05, 3.63) is 23.0 Å². The average Bonchev–Trinajstić information content (AvgIpc) is 3.09. The van der Waals surface area contributed by atoms with Crippen molar-refractivity contribution >= 4 is 11.7 Å². The summed E-state index contributed by atoms with van der Waals surface area (Å²) in [5.41, 5.74) is 2.81. The van der Waals surface area contributed by atoms with E-state index >= 15 is 0 Å². The number of carbonyl (C=O) groups is 2. The normalized spacial score (nSPS) is 17.5. The summed E-state index contributed by atoms with van der Waals surface area (Å²) in [7, 11) is 1.79. The van der Waals surface area contributed by atoms with Gasteiger partial charge in [-0.15, -0.1) is 0 Å². The molecule has 0 radical (unpaired) electrons. The Morgan fingerprint density at radius 2 is 2.08 bits per heavy atom. The van der Waals surface area contributed by atoms with Gasteiger partial charge in [-0.3, -0.25) is 14.5 Å². The topological polar surface area (TPSA) is 63.6 Å². The summed E-state index contributed by atoms with van der Waals surface area (Å²) < 4.78 is 7.89. The maximum Gasteiger partial charge on any atom is 0.234 e. The van der Waals surface area contributed by atoms with Gasteiger partial charge in [0.05, 0.1) is 19.2 Å². The largest absolute Gasteiger partial charge is 0.376 e. The van der Waals surface area contributed by atoms with Crippen LogP contribution >= 0.6 is 0 Å². The fourth-order valence-corrected chi connectivity index (χ4v) is 3.36. The van der Waals surface area contributed by atoms with Crippen LogP contribution in [0.4, 0.5) is 0 Å². The Hall–Kier alpha value is -1.66. The van der Waals surface area contributed by atoms with Gasteiger partial charge in [0.2, 0.25) is 5.91 Å². The molecule has 6 heteroatoms. The predicted molar refractivity (Wildman–Crippen MR) is 98.0 cm³/mol. The first-order chi connectivity index (χ1) is 11.8. The lowest BCUT2D eigenvalue weighted by molar-refractivity contribution is -0.122. The molecule has 1 amide bonds. The number of rotatable bonds is 8. The summed E-state index contributed by atoms with van der Waals surface area (Å²) in [6.45, 7) is 9.95. The van der Waals surface area contributed by atoms with Crippen molar-refractivity contribution in [1.29, 1.82) is 0 Å². The summed E-state index contributed by atoms with van der Waals surface area (Å²) in [6, 6.07) is 2.06. The Morgan fingerprint density at radius 1 is 1.36 bits per heavy atom. The molecule has 1 aliphatic heterocycles. The van der Waals surface area contributed by atoms with Crippen LogP contribution in [0.1, 0.15) is 48.4 Å². The molecule has 1 aromatic rings. The van der Waals surface area contributed by atoms with Crippen molar-refractivity contribution in [2.45, 2.75) is 59.2 Å². The van der Waals surface area contributed by atoms with Crippen molar-refractivity contribution < 1.29 is 14.3 Å². The number of ketones is 1. The molecule has 0 saturated carbocycles. The second-order valence-corrected chi connectivity index (χ2v) is 7.35. The molecule has 1 N–H and O–H groups in total. The van der Waals surface area contributed by atoms with E-state index in [-0.39, 0.29) is 36.9 Å². The van der Waals surface area contributed by atoms with Gasteiger partial charge in [0.1, 0.15) is 0 Å². The van der Waals surface area contributed by atoms with Crippen molar-refractivity contribution in [3.63, 3.8) is 0 Å². The summed E-state index contributed by atoms with van der Waals surface area (Å²) in [5.74, 6) is -0.0132. The van der Waals surface area contributed by atoms with Crippen LogP contribution in [0.5, 0.6) is 0 Å². The standard InChI is InChI=1S/C19H31N3O3/c1-13(2)20-19(24)12-21(5)11-18(23)17-9-14(3)22(15(17)4)10-16-7-6-8-25-16/h9,13,16H,6-8,10-12H2,1-5H3,(H,20,24)/t16-/m1/s1. The first-order valence-corrected chi connectivity index (χ1v) is 9.07. The SMILES string of the molecule is Cc1cc(C(=O)CN(C)CC(=O)NC(C)C)c(C)n1C[C@H]1CCCO1. The van der Waals surface area contributed by atoms with Gasteiger partial charge in [-0.25, -0.2) is 0 Å². The van der Waals surface area contributed by atoms with E-state index in [4.69, 9.17) is 4.74 Å². The van der Waals surface area contributed by atoms with Crippen molar-refractivity contribution in [3.8, 4) is 0 Å². The average molecular weight is 349 g/mol. The molecule has 2 heterocycles. The highest BCUT2D eigenvalue weighted by Crippen LogP contribution is 2.20. The molecular weight excluding hydrogens is 318 g/mol. The van der Waals surface area contributed by atoms with Gasteiger partial charge in [-0.1, -0.05) is 0 Å². The Bertz CT molecular complexity index is 616. The number of hydrogen-bond acceptors (Lipinski definition) is 4. The summed E-state index contributed by atoms with van der Waals surface area (Å²) >= 11 is 0. The third-order valence-electron chi connectivity index (χ3n) is 4.56. The molecule has 0 bridgehead atoms. The maximum absolute atomic E-state index is 12.7. The third kappa shape index (κ3) is 5.41. The number of nitrogens with one attached hydrogen (secondary N) is 1. The fourth-order valence-electron chi connectivity index (χ4n) is 3.36. The molecule has 0 unspecified atom stereocenters. The molecule has 1 saturated heterocycles. The lowest BCUT2D eigenvalue weighted by Gasteiger charge is -2.17. The molecule has 1 aliphatic rings. The van der Waals surface area contributed by atoms with Gasteiger partial charge < -0.3 is 14.6 Å². The molecule has 0 aromatic carbocycles. The van der Waals surface area contributed by atoms with Gasteiger partial charge in [-0.05, 0) is 53.7 Å². The van der Waals surface area contributed by atoms with Crippen LogP contribution in [0.2, 0.25) is 0 Å². The van der Waals surface area contributed by atoms with E-state index in [0.717, 1.165) is 42.9 Å². The number of aromatic nitrogens is 1. The van der Waals surface area contributed by atoms with Crippen LogP contribution in [0.3, 0.4) is 0 Å². The van der Waals surface area contributed by atoms with Gasteiger partial charge in [0, 0.05) is 36.1 Å². The molecule has 1 fully saturated rings. The quantitative estimate of drug-likeness (QED) is 0.729. The lowest BCUT2D eigenvalue weighted by Crippen LogP contribution is -2.40. The second kappa shape index (κ2) is 8.63. The van der Waals surface area contributed by atoms with E-state index in [0.29, 0.717) is 0 Å². The number of nitrogens with zero attached hydrogens (tertiary/aromatic N) is 2. The van der Waals surface area contributed by atoms with E-state index < -0.39 is 0 Å². The van der Waals surface area contributed by atoms with E-state index in [2.05, 4.69) is 9.88 Å². The van der Waals surface area contributed by atoms with Crippen molar-refractivity contribution in [1.82, 2.24) is 14.8 Å². The zero-order valence-corrected chi connectivity index (χ0v) is 16.1. The van der Waals surface area contributed by atoms with Crippen LogP contribution < -0.4 is 5.32 Å². The van der Waals surface area contributed by atoms with E-state index in [1.807, 2.05) is 33.8 Å². The molecule has 1 aromatic heterocycles. The van der Waals surface area contributed by atoms with Crippen LogP contribution in [-0.2, 0) is 16.1 Å². The highest BCUT2D eigenvalue weighted by atomic mass is 16.5. The number of Topliss-reactive ketones (excluding diaryl/α,β-unsaturated/α-hetero) is 1. The molecule has 140 valence electrons. The minimum Gasteiger partial charge on any atom is -0.376 e. The summed E-state index contributed by atoms with van der Waals surface area (Å²) in [6.07, 6.45) is 2.43. The second-order valence-electron chi connectivity index (χ2n) is 7.35. The fraction of sp³-hybridized carbons (Fsp3) is 0.684. The van der Waals surface area contributed by atoms with Gasteiger partial charge >= 0.3 is 0 Å². The highest BCUT2D eigenvalue weighted by Gasteiger charge is 2.22. The Labute approximate surface area is 150 Å². The molecule has 25 heavy (non-hydrogen) atoms. The zero-order valence-electron chi connectivity index (χ0n) is 16.1. The molecule has 6 nitrogen and oxygen atoms in total. The number of hydrogen-bond donors (Lipinski definition) is 1. The van der Waals surface area contributed by atoms with Crippen LogP contribution in [0.25, 0.3) is 0 Å². The van der Waals surface area contributed by atoms with Crippen molar-refractivity contribution in [2.75, 3.05) is 26.7 Å². The van der Waals surface area contributed by atoms with Crippen molar-refractivity contribution in [2.24, 2.45) is 0 Å². The first-order valence-electron chi connectivity index (χ1n) is 9.07.